The molecule has 1 aliphatic rings. The summed E-state index contributed by atoms with van der Waals surface area (Å²) in [6.45, 7) is 4.33. The van der Waals surface area contributed by atoms with Crippen LogP contribution in [0.25, 0.3) is 0 Å². The van der Waals surface area contributed by atoms with Crippen LogP contribution in [0.15, 0.2) is 33.9 Å². The van der Waals surface area contributed by atoms with Crippen LogP contribution in [0, 0.1) is 5.92 Å². The highest BCUT2D eigenvalue weighted by Gasteiger charge is 2.35. The van der Waals surface area contributed by atoms with Crippen LogP contribution < -0.4 is 26.6 Å². The molecule has 0 saturated heterocycles. The summed E-state index contributed by atoms with van der Waals surface area (Å²) in [5.41, 5.74) is -0.774. The van der Waals surface area contributed by atoms with E-state index in [4.69, 9.17) is 4.74 Å². The summed E-state index contributed by atoms with van der Waals surface area (Å²) in [4.78, 5) is 52.4. The van der Waals surface area contributed by atoms with Gasteiger partial charge in [-0.25, -0.2) is 4.79 Å². The molecule has 2 aromatic rings. The Balaban J connectivity index is 2.02. The molecule has 154 valence electrons. The van der Waals surface area contributed by atoms with Gasteiger partial charge in [0.1, 0.15) is 11.6 Å². The predicted molar refractivity (Wildman–Crippen MR) is 108 cm³/mol. The van der Waals surface area contributed by atoms with E-state index in [0.717, 1.165) is 0 Å². The van der Waals surface area contributed by atoms with E-state index < -0.39 is 29.0 Å². The van der Waals surface area contributed by atoms with Gasteiger partial charge < -0.3 is 15.4 Å². The Bertz CT molecular complexity index is 1050. The fourth-order valence-corrected chi connectivity index (χ4v) is 3.31. The van der Waals surface area contributed by atoms with E-state index in [-0.39, 0.29) is 17.8 Å². The van der Waals surface area contributed by atoms with Crippen LogP contribution in [-0.2, 0) is 16.1 Å². The number of hydrogen-bond donors (Lipinski definition) is 3. The molecule has 0 spiro atoms. The first kappa shape index (κ1) is 20.4. The number of carbonyl (C=O) groups is 2. The summed E-state index contributed by atoms with van der Waals surface area (Å²) >= 11 is 0. The molecule has 0 fully saturated rings. The first-order valence-electron chi connectivity index (χ1n) is 9.42. The fourth-order valence-electron chi connectivity index (χ4n) is 3.31. The third kappa shape index (κ3) is 4.23. The Kier molecular flexibility index (Phi) is 5.86. The first-order valence-corrected chi connectivity index (χ1v) is 9.42. The molecule has 9 nitrogen and oxygen atoms in total. The van der Waals surface area contributed by atoms with Crippen molar-refractivity contribution in [2.75, 3.05) is 17.7 Å². The number of para-hydroxylation sites is 2. The highest BCUT2D eigenvalue weighted by molar-refractivity contribution is 6.04. The van der Waals surface area contributed by atoms with E-state index in [9.17, 15) is 19.2 Å². The summed E-state index contributed by atoms with van der Waals surface area (Å²) < 4.78 is 6.55. The molecule has 1 aromatic carbocycles. The number of carbonyl (C=O) groups excluding carboxylic acids is 2. The third-order valence-corrected chi connectivity index (χ3v) is 4.84. The number of hydrogen-bond acceptors (Lipinski definition) is 5. The summed E-state index contributed by atoms with van der Waals surface area (Å²) in [5.74, 6) is -1.12. The molecule has 2 amide bonds. The van der Waals surface area contributed by atoms with Gasteiger partial charge in [0, 0.05) is 13.0 Å². The second kappa shape index (κ2) is 8.34. The largest absolute Gasteiger partial charge is 0.495 e. The summed E-state index contributed by atoms with van der Waals surface area (Å²) in [5, 5.41) is 5.32. The number of nitrogens with one attached hydrogen (secondary N) is 3. The molecule has 29 heavy (non-hydrogen) atoms. The van der Waals surface area contributed by atoms with Crippen LogP contribution in [0.3, 0.4) is 0 Å². The molecule has 0 saturated carbocycles. The molecule has 1 atom stereocenters. The predicted octanol–water partition coefficient (Wildman–Crippen LogP) is 1.66. The van der Waals surface area contributed by atoms with Crippen molar-refractivity contribution in [1.29, 1.82) is 0 Å². The van der Waals surface area contributed by atoms with Gasteiger partial charge in [0.15, 0.2) is 0 Å². The number of anilines is 2. The normalized spacial score (nSPS) is 15.6. The SMILES string of the molecule is COc1ccccc1NC(=O)[C@H]1CC(=O)Nc2c1c(=O)[nH]c(=O)n2CCC(C)C. The molecule has 0 radical (unpaired) electrons. The van der Waals surface area contributed by atoms with Crippen LogP contribution >= 0.6 is 0 Å². The summed E-state index contributed by atoms with van der Waals surface area (Å²) in [7, 11) is 1.48. The van der Waals surface area contributed by atoms with Crippen LogP contribution in [0.5, 0.6) is 5.75 Å². The number of aromatic nitrogens is 2. The number of benzene rings is 1. The number of ether oxygens (including phenoxy) is 1. The number of amides is 2. The fraction of sp³-hybridized carbons (Fsp3) is 0.400. The molecule has 1 aromatic heterocycles. The molecule has 1 aliphatic heterocycles. The molecule has 3 rings (SSSR count). The van der Waals surface area contributed by atoms with Gasteiger partial charge in [-0.2, -0.15) is 0 Å². The van der Waals surface area contributed by atoms with Gasteiger partial charge in [0.05, 0.1) is 24.3 Å². The zero-order valence-corrected chi connectivity index (χ0v) is 16.6. The van der Waals surface area contributed by atoms with Gasteiger partial charge in [0.25, 0.3) is 5.56 Å². The second-order valence-corrected chi connectivity index (χ2v) is 7.35. The Morgan fingerprint density at radius 3 is 2.69 bits per heavy atom. The average molecular weight is 400 g/mol. The quantitative estimate of drug-likeness (QED) is 0.681. The number of rotatable bonds is 6. The van der Waals surface area contributed by atoms with Crippen molar-refractivity contribution in [1.82, 2.24) is 9.55 Å². The monoisotopic (exact) mass is 400 g/mol. The highest BCUT2D eigenvalue weighted by atomic mass is 16.5. The van der Waals surface area contributed by atoms with Crippen LogP contribution in [-0.4, -0.2) is 28.5 Å². The van der Waals surface area contributed by atoms with Gasteiger partial charge in [-0.15, -0.1) is 0 Å². The van der Waals surface area contributed by atoms with E-state index in [1.54, 1.807) is 24.3 Å². The van der Waals surface area contributed by atoms with Gasteiger partial charge in [-0.3, -0.25) is 23.9 Å². The second-order valence-electron chi connectivity index (χ2n) is 7.35. The van der Waals surface area contributed by atoms with E-state index in [1.165, 1.54) is 11.7 Å². The standard InChI is InChI=1S/C20H24N4O5/c1-11(2)8-9-24-17-16(19(27)23-20(24)28)12(10-15(25)22-17)18(26)21-13-6-4-5-7-14(13)29-3/h4-7,11-12H,8-10H2,1-3H3,(H,21,26)(H,22,25)(H,23,27,28)/t12-/m0/s1. The topological polar surface area (TPSA) is 122 Å². The maximum Gasteiger partial charge on any atom is 0.329 e. The molecule has 9 heteroatoms. The maximum absolute atomic E-state index is 13.0. The smallest absolute Gasteiger partial charge is 0.329 e. The van der Waals surface area contributed by atoms with E-state index in [2.05, 4.69) is 15.6 Å². The lowest BCUT2D eigenvalue weighted by Crippen LogP contribution is -2.42. The van der Waals surface area contributed by atoms with Crippen LogP contribution in [0.1, 0.15) is 38.2 Å². The van der Waals surface area contributed by atoms with Crippen molar-refractivity contribution in [3.05, 3.63) is 50.7 Å². The molecule has 0 aliphatic carbocycles. The lowest BCUT2D eigenvalue weighted by molar-refractivity contribution is -0.123. The van der Waals surface area contributed by atoms with Gasteiger partial charge in [-0.05, 0) is 24.5 Å². The van der Waals surface area contributed by atoms with Crippen molar-refractivity contribution in [3.8, 4) is 5.75 Å². The highest BCUT2D eigenvalue weighted by Crippen LogP contribution is 2.31. The minimum atomic E-state index is -1.03. The van der Waals surface area contributed by atoms with E-state index in [1.807, 2.05) is 13.8 Å². The van der Waals surface area contributed by atoms with Gasteiger partial charge in [0.2, 0.25) is 11.8 Å². The van der Waals surface area contributed by atoms with Gasteiger partial charge >= 0.3 is 5.69 Å². The molecule has 0 bridgehead atoms. The lowest BCUT2D eigenvalue weighted by Gasteiger charge is -2.26. The van der Waals surface area contributed by atoms with E-state index >= 15 is 0 Å². The minimum absolute atomic E-state index is 0.0837. The Morgan fingerprint density at radius 2 is 2.00 bits per heavy atom. The van der Waals surface area contributed by atoms with Crippen LogP contribution in [0.4, 0.5) is 11.5 Å². The third-order valence-electron chi connectivity index (χ3n) is 4.84. The van der Waals surface area contributed by atoms with E-state index in [0.29, 0.717) is 30.3 Å². The number of aromatic amines is 1. The summed E-state index contributed by atoms with van der Waals surface area (Å²) in [6, 6.07) is 6.84. The summed E-state index contributed by atoms with van der Waals surface area (Å²) in [6.07, 6.45) is 0.478. The Labute approximate surface area is 167 Å². The van der Waals surface area contributed by atoms with Crippen molar-refractivity contribution in [2.45, 2.75) is 39.2 Å². The number of nitrogens with zero attached hydrogens (tertiary/aromatic N) is 1. The first-order chi connectivity index (χ1) is 13.8. The Hall–Kier alpha value is -3.36. The zero-order chi connectivity index (χ0) is 21.1. The van der Waals surface area contributed by atoms with Crippen molar-refractivity contribution in [3.63, 3.8) is 0 Å². The Morgan fingerprint density at radius 1 is 1.28 bits per heavy atom. The number of methoxy groups -OCH3 is 1. The van der Waals surface area contributed by atoms with Gasteiger partial charge in [-0.1, -0.05) is 26.0 Å². The lowest BCUT2D eigenvalue weighted by atomic mass is 9.92. The molecule has 3 N–H and O–H groups in total. The average Bonchev–Trinajstić information content (AvgIpc) is 2.67. The molecular weight excluding hydrogens is 376 g/mol. The molecule has 0 unspecified atom stereocenters. The number of fused-ring (bicyclic) bond motifs is 1. The maximum atomic E-state index is 13.0. The van der Waals surface area contributed by atoms with Crippen molar-refractivity contribution in [2.24, 2.45) is 5.92 Å². The number of H-pyrrole nitrogens is 1. The molecular formula is C20H24N4O5. The minimum Gasteiger partial charge on any atom is -0.495 e. The van der Waals surface area contributed by atoms with Crippen molar-refractivity contribution >= 4 is 23.3 Å². The molecule has 2 heterocycles. The zero-order valence-electron chi connectivity index (χ0n) is 16.6. The van der Waals surface area contributed by atoms with Crippen LogP contribution in [0.2, 0.25) is 0 Å². The van der Waals surface area contributed by atoms with Crippen molar-refractivity contribution < 1.29 is 14.3 Å².